The molecule has 1 aliphatic heterocycles. The van der Waals surface area contributed by atoms with Crippen molar-refractivity contribution < 1.29 is 28.5 Å². The fourth-order valence-corrected chi connectivity index (χ4v) is 4.96. The molecule has 0 radical (unpaired) electrons. The molecule has 8 nitrogen and oxygen atoms in total. The molecule has 1 aromatic heterocycles. The third kappa shape index (κ3) is 3.99. The van der Waals surface area contributed by atoms with Crippen LogP contribution in [0.4, 0.5) is 0 Å². The number of aromatic nitrogens is 1. The van der Waals surface area contributed by atoms with Crippen LogP contribution in [0.25, 0.3) is 21.0 Å². The number of rotatable bonds is 6. The van der Waals surface area contributed by atoms with E-state index < -0.39 is 11.9 Å². The molecule has 2 heterocycles. The average molecular weight is 479 g/mol. The first-order valence-electron chi connectivity index (χ1n) is 10.9. The van der Waals surface area contributed by atoms with Gasteiger partial charge in [-0.1, -0.05) is 41.7 Å². The molecule has 34 heavy (non-hydrogen) atoms. The van der Waals surface area contributed by atoms with E-state index in [1.807, 2.05) is 43.3 Å². The van der Waals surface area contributed by atoms with Crippen LogP contribution >= 0.6 is 11.3 Å². The van der Waals surface area contributed by atoms with Crippen LogP contribution in [-0.4, -0.2) is 36.5 Å². The van der Waals surface area contributed by atoms with Crippen LogP contribution in [0.15, 0.2) is 53.5 Å². The van der Waals surface area contributed by atoms with Gasteiger partial charge in [0.15, 0.2) is 16.3 Å². The van der Waals surface area contributed by atoms with Gasteiger partial charge < -0.3 is 23.5 Å². The number of fused-ring (bicyclic) bond motifs is 3. The quantitative estimate of drug-likeness (QED) is 0.384. The van der Waals surface area contributed by atoms with Gasteiger partial charge in [-0.05, 0) is 30.7 Å². The maximum absolute atomic E-state index is 13.5. The number of thiazole rings is 1. The van der Waals surface area contributed by atoms with Crippen molar-refractivity contribution in [2.75, 3.05) is 20.0 Å². The summed E-state index contributed by atoms with van der Waals surface area (Å²) in [5.74, 6) is 0.781. The number of hydrogen-bond acceptors (Lipinski definition) is 7. The summed E-state index contributed by atoms with van der Waals surface area (Å²) in [6.07, 6.45) is 0. The SMILES string of the molecule is CCOC(=O)Cn1c(=NC(=O)c2c(OCC)ccc3ccccc23)sc2cc3c(cc21)OCO3. The van der Waals surface area contributed by atoms with Crippen molar-refractivity contribution >= 4 is 44.2 Å². The largest absolute Gasteiger partial charge is 0.493 e. The molecule has 0 saturated carbocycles. The standard InChI is InChI=1S/C25H22N2O6S/c1-3-30-18-10-9-15-7-5-6-8-16(15)23(18)24(29)26-25-27(13-22(28)31-4-2)17-11-19-20(33-14-32-19)12-21(17)34-25/h5-12H,3-4,13-14H2,1-2H3. The predicted molar refractivity (Wildman–Crippen MR) is 128 cm³/mol. The average Bonchev–Trinajstić information content (AvgIpc) is 3.41. The maximum atomic E-state index is 13.5. The maximum Gasteiger partial charge on any atom is 0.326 e. The number of benzene rings is 3. The van der Waals surface area contributed by atoms with Crippen LogP contribution in [0.3, 0.4) is 0 Å². The third-order valence-corrected chi connectivity index (χ3v) is 6.41. The van der Waals surface area contributed by atoms with E-state index >= 15 is 0 Å². The number of ether oxygens (including phenoxy) is 4. The van der Waals surface area contributed by atoms with Crippen molar-refractivity contribution in [1.82, 2.24) is 4.57 Å². The Bertz CT molecular complexity index is 1490. The van der Waals surface area contributed by atoms with Gasteiger partial charge in [-0.2, -0.15) is 4.99 Å². The van der Waals surface area contributed by atoms with E-state index in [0.29, 0.717) is 39.7 Å². The summed E-state index contributed by atoms with van der Waals surface area (Å²) in [6.45, 7) is 4.33. The lowest BCUT2D eigenvalue weighted by Crippen LogP contribution is -2.23. The first-order chi connectivity index (χ1) is 16.6. The molecule has 1 amide bonds. The summed E-state index contributed by atoms with van der Waals surface area (Å²) in [6, 6.07) is 14.9. The number of carbonyl (C=O) groups is 2. The summed E-state index contributed by atoms with van der Waals surface area (Å²) < 4.78 is 24.4. The molecule has 1 aliphatic rings. The molecule has 5 rings (SSSR count). The van der Waals surface area contributed by atoms with Gasteiger partial charge in [0.2, 0.25) is 6.79 Å². The summed E-state index contributed by atoms with van der Waals surface area (Å²) in [5, 5.41) is 1.66. The Labute approximate surface area is 199 Å². The molecule has 3 aromatic carbocycles. The van der Waals surface area contributed by atoms with Crippen molar-refractivity contribution in [1.29, 1.82) is 0 Å². The van der Waals surface area contributed by atoms with Crippen molar-refractivity contribution in [3.8, 4) is 17.2 Å². The minimum absolute atomic E-state index is 0.0898. The molecule has 0 N–H and O–H groups in total. The molecule has 0 saturated heterocycles. The van der Waals surface area contributed by atoms with Gasteiger partial charge in [-0.15, -0.1) is 0 Å². The Hall–Kier alpha value is -3.85. The van der Waals surface area contributed by atoms with E-state index in [1.165, 1.54) is 11.3 Å². The normalized spacial score (nSPS) is 12.9. The summed E-state index contributed by atoms with van der Waals surface area (Å²) in [7, 11) is 0. The highest BCUT2D eigenvalue weighted by Crippen LogP contribution is 2.37. The molecular formula is C25H22N2O6S. The van der Waals surface area contributed by atoms with E-state index in [1.54, 1.807) is 23.6 Å². The van der Waals surface area contributed by atoms with Crippen molar-refractivity contribution in [2.45, 2.75) is 20.4 Å². The highest BCUT2D eigenvalue weighted by molar-refractivity contribution is 7.16. The van der Waals surface area contributed by atoms with Gasteiger partial charge >= 0.3 is 5.97 Å². The van der Waals surface area contributed by atoms with E-state index in [0.717, 1.165) is 15.5 Å². The molecule has 9 heteroatoms. The second kappa shape index (κ2) is 9.18. The van der Waals surface area contributed by atoms with Crippen LogP contribution in [-0.2, 0) is 16.1 Å². The second-order valence-electron chi connectivity index (χ2n) is 7.46. The Kier molecular flexibility index (Phi) is 5.93. The summed E-state index contributed by atoms with van der Waals surface area (Å²) in [5.41, 5.74) is 1.09. The van der Waals surface area contributed by atoms with Crippen molar-refractivity contribution in [2.24, 2.45) is 4.99 Å². The van der Waals surface area contributed by atoms with Crippen LogP contribution in [0.5, 0.6) is 17.2 Å². The first-order valence-corrected chi connectivity index (χ1v) is 11.7. The second-order valence-corrected chi connectivity index (χ2v) is 8.47. The zero-order valence-corrected chi connectivity index (χ0v) is 19.5. The molecule has 0 bridgehead atoms. The highest BCUT2D eigenvalue weighted by atomic mass is 32.1. The first kappa shape index (κ1) is 22.0. The minimum Gasteiger partial charge on any atom is -0.493 e. The topological polar surface area (TPSA) is 88.4 Å². The predicted octanol–water partition coefficient (Wildman–Crippen LogP) is 4.29. The molecule has 0 aliphatic carbocycles. The monoisotopic (exact) mass is 478 g/mol. The van der Waals surface area contributed by atoms with Gasteiger partial charge in [0.05, 0.1) is 29.0 Å². The summed E-state index contributed by atoms with van der Waals surface area (Å²) in [4.78, 5) is 30.7. The van der Waals surface area contributed by atoms with E-state index in [4.69, 9.17) is 18.9 Å². The number of amides is 1. The number of carbonyl (C=O) groups excluding carboxylic acids is 2. The number of nitrogens with zero attached hydrogens (tertiary/aromatic N) is 2. The number of esters is 1. The van der Waals surface area contributed by atoms with E-state index in [2.05, 4.69) is 4.99 Å². The fourth-order valence-electron chi connectivity index (χ4n) is 3.92. The number of hydrogen-bond donors (Lipinski definition) is 0. The van der Waals surface area contributed by atoms with E-state index in [9.17, 15) is 9.59 Å². The fraction of sp³-hybridized carbons (Fsp3) is 0.240. The Morgan fingerprint density at radius 1 is 1.06 bits per heavy atom. The molecule has 0 spiro atoms. The van der Waals surface area contributed by atoms with Crippen LogP contribution in [0, 0.1) is 0 Å². The van der Waals surface area contributed by atoms with E-state index in [-0.39, 0.29) is 19.9 Å². The van der Waals surface area contributed by atoms with Crippen LogP contribution in [0.1, 0.15) is 24.2 Å². The molecule has 0 unspecified atom stereocenters. The lowest BCUT2D eigenvalue weighted by molar-refractivity contribution is -0.143. The Morgan fingerprint density at radius 3 is 2.65 bits per heavy atom. The summed E-state index contributed by atoms with van der Waals surface area (Å²) >= 11 is 1.29. The van der Waals surface area contributed by atoms with Crippen molar-refractivity contribution in [3.63, 3.8) is 0 Å². The third-order valence-electron chi connectivity index (χ3n) is 5.37. The zero-order chi connectivity index (χ0) is 23.7. The lowest BCUT2D eigenvalue weighted by atomic mass is 10.0. The van der Waals surface area contributed by atoms with Gasteiger partial charge in [-0.25, -0.2) is 0 Å². The molecule has 4 aromatic rings. The molecule has 0 fully saturated rings. The smallest absolute Gasteiger partial charge is 0.326 e. The van der Waals surface area contributed by atoms with Gasteiger partial charge in [0.1, 0.15) is 12.3 Å². The Morgan fingerprint density at radius 2 is 1.85 bits per heavy atom. The molecule has 0 atom stereocenters. The van der Waals surface area contributed by atoms with Gasteiger partial charge in [0.25, 0.3) is 5.91 Å². The lowest BCUT2D eigenvalue weighted by Gasteiger charge is -2.11. The molecule has 174 valence electrons. The van der Waals surface area contributed by atoms with Crippen LogP contribution in [0.2, 0.25) is 0 Å². The highest BCUT2D eigenvalue weighted by Gasteiger charge is 2.21. The van der Waals surface area contributed by atoms with Gasteiger partial charge in [-0.3, -0.25) is 9.59 Å². The Balaban J connectivity index is 1.69. The molecular weight excluding hydrogens is 456 g/mol. The van der Waals surface area contributed by atoms with Crippen LogP contribution < -0.4 is 19.0 Å². The van der Waals surface area contributed by atoms with Crippen molar-refractivity contribution in [3.05, 3.63) is 58.9 Å². The minimum atomic E-state index is -0.454. The van der Waals surface area contributed by atoms with Gasteiger partial charge in [0, 0.05) is 12.1 Å². The zero-order valence-electron chi connectivity index (χ0n) is 18.7.